The Morgan fingerprint density at radius 1 is 0.833 bits per heavy atom. The number of benzene rings is 2. The zero-order chi connectivity index (χ0) is 12.6. The van der Waals surface area contributed by atoms with Crippen molar-refractivity contribution in [2.75, 3.05) is 6.54 Å². The molecule has 3 radical (unpaired) electrons. The topological polar surface area (TPSA) is 12.0 Å². The summed E-state index contributed by atoms with van der Waals surface area (Å²) in [4.78, 5) is 0. The molecular formula is C16H18NSi. The summed E-state index contributed by atoms with van der Waals surface area (Å²) in [6, 6.07) is 21.1. The van der Waals surface area contributed by atoms with Gasteiger partial charge in [-0.25, -0.2) is 0 Å². The smallest absolute Gasteiger partial charge is 0.0288 e. The molecule has 0 heterocycles. The molecule has 1 nitrogen and oxygen atoms in total. The van der Waals surface area contributed by atoms with Gasteiger partial charge in [0.25, 0.3) is 0 Å². The van der Waals surface area contributed by atoms with E-state index in [1.54, 1.807) is 0 Å². The van der Waals surface area contributed by atoms with Crippen LogP contribution in [0.5, 0.6) is 0 Å². The maximum Gasteiger partial charge on any atom is 0.0288 e. The molecule has 2 aromatic carbocycles. The normalized spacial score (nSPS) is 12.3. The maximum atomic E-state index is 3.78. The van der Waals surface area contributed by atoms with E-state index in [9.17, 15) is 0 Å². The fraction of sp³-hybridized carbons (Fsp3) is 0.250. The summed E-state index contributed by atoms with van der Waals surface area (Å²) in [5.74, 6) is 0. The van der Waals surface area contributed by atoms with Crippen LogP contribution < -0.4 is 5.32 Å². The number of hydrogen-bond donors (Lipinski definition) is 1. The van der Waals surface area contributed by atoms with E-state index in [0.717, 1.165) is 19.5 Å². The van der Waals surface area contributed by atoms with Crippen molar-refractivity contribution in [3.8, 4) is 0 Å². The summed E-state index contributed by atoms with van der Waals surface area (Å²) in [6.07, 6.45) is 1.06. The van der Waals surface area contributed by atoms with Crippen molar-refractivity contribution in [2.45, 2.75) is 18.5 Å². The predicted octanol–water partition coefficient (Wildman–Crippen LogP) is 2.98. The van der Waals surface area contributed by atoms with Gasteiger partial charge >= 0.3 is 0 Å². The molecule has 2 heteroatoms. The van der Waals surface area contributed by atoms with Gasteiger partial charge in [0.1, 0.15) is 0 Å². The van der Waals surface area contributed by atoms with Crippen molar-refractivity contribution < 1.29 is 0 Å². The van der Waals surface area contributed by atoms with Gasteiger partial charge in [0.2, 0.25) is 0 Å². The first-order chi connectivity index (χ1) is 8.84. The first-order valence-electron chi connectivity index (χ1n) is 6.34. The quantitative estimate of drug-likeness (QED) is 0.779. The van der Waals surface area contributed by atoms with E-state index >= 15 is 0 Å². The maximum absolute atomic E-state index is 3.78. The molecule has 0 aliphatic carbocycles. The Balaban J connectivity index is 1.71. The van der Waals surface area contributed by atoms with E-state index in [1.807, 2.05) is 6.07 Å². The van der Waals surface area contributed by atoms with Gasteiger partial charge in [0.05, 0.1) is 0 Å². The Labute approximate surface area is 113 Å². The highest BCUT2D eigenvalue weighted by Gasteiger charge is 2.03. The Morgan fingerprint density at radius 3 is 2.00 bits per heavy atom. The van der Waals surface area contributed by atoms with Crippen LogP contribution in [0.15, 0.2) is 60.7 Å². The third-order valence-corrected chi connectivity index (χ3v) is 3.30. The van der Waals surface area contributed by atoms with E-state index < -0.39 is 0 Å². The zero-order valence-corrected chi connectivity index (χ0v) is 11.5. The first kappa shape index (κ1) is 13.1. The highest BCUT2D eigenvalue weighted by atomic mass is 28.1. The molecule has 2 aromatic rings. The standard InChI is InChI=1S/C16H18NSi/c18-16(11-14-7-3-1-4-8-14)13-17-12-15-9-5-2-6-10-15/h1-10,16-17H,11-13H2. The van der Waals surface area contributed by atoms with E-state index in [4.69, 9.17) is 0 Å². The molecule has 0 aliphatic heterocycles. The Hall–Kier alpha value is -1.38. The lowest BCUT2D eigenvalue weighted by Gasteiger charge is -2.12. The molecule has 2 rings (SSSR count). The number of nitrogens with one attached hydrogen (secondary N) is 1. The molecule has 1 N–H and O–H groups in total. The minimum atomic E-state index is 0.469. The van der Waals surface area contributed by atoms with Crippen LogP contribution in [0.3, 0.4) is 0 Å². The van der Waals surface area contributed by atoms with Crippen LogP contribution in [0.4, 0.5) is 0 Å². The molecule has 0 bridgehead atoms. The lowest BCUT2D eigenvalue weighted by molar-refractivity contribution is 0.648. The number of rotatable bonds is 6. The van der Waals surface area contributed by atoms with Crippen LogP contribution in [0, 0.1) is 0 Å². The van der Waals surface area contributed by atoms with Crippen molar-refractivity contribution >= 4 is 10.2 Å². The SMILES string of the molecule is [Si]C(CNCc1ccccc1)Cc1ccccc1. The van der Waals surface area contributed by atoms with Crippen molar-refractivity contribution in [3.05, 3.63) is 71.8 Å². The summed E-state index contributed by atoms with van der Waals surface area (Å²) in [6.45, 7) is 1.90. The van der Waals surface area contributed by atoms with Gasteiger partial charge in [0.15, 0.2) is 0 Å². The van der Waals surface area contributed by atoms with E-state index in [0.29, 0.717) is 5.54 Å². The molecule has 0 fully saturated rings. The summed E-state index contributed by atoms with van der Waals surface area (Å²) in [5.41, 5.74) is 3.17. The predicted molar refractivity (Wildman–Crippen MR) is 77.8 cm³/mol. The van der Waals surface area contributed by atoms with Crippen molar-refractivity contribution in [1.29, 1.82) is 0 Å². The minimum absolute atomic E-state index is 0.469. The van der Waals surface area contributed by atoms with Gasteiger partial charge in [-0.15, -0.1) is 0 Å². The van der Waals surface area contributed by atoms with Crippen LogP contribution in [0.25, 0.3) is 0 Å². The molecule has 0 aromatic heterocycles. The van der Waals surface area contributed by atoms with Crippen molar-refractivity contribution in [1.82, 2.24) is 5.32 Å². The molecule has 0 aliphatic rings. The van der Waals surface area contributed by atoms with Crippen LogP contribution in [0.1, 0.15) is 11.1 Å². The zero-order valence-electron chi connectivity index (χ0n) is 10.5. The lowest BCUT2D eigenvalue weighted by Crippen LogP contribution is -2.20. The molecule has 0 saturated heterocycles. The lowest BCUT2D eigenvalue weighted by atomic mass is 10.1. The largest absolute Gasteiger partial charge is 0.313 e. The Kier molecular flexibility index (Phi) is 5.18. The van der Waals surface area contributed by atoms with Gasteiger partial charge in [-0.3, -0.25) is 0 Å². The molecule has 1 atom stereocenters. The molecule has 91 valence electrons. The van der Waals surface area contributed by atoms with Crippen molar-refractivity contribution in [2.24, 2.45) is 0 Å². The second-order valence-corrected chi connectivity index (χ2v) is 5.32. The van der Waals surface area contributed by atoms with E-state index in [-0.39, 0.29) is 0 Å². The number of hydrogen-bond acceptors (Lipinski definition) is 1. The average molecular weight is 252 g/mol. The highest BCUT2D eigenvalue weighted by Crippen LogP contribution is 2.09. The fourth-order valence-electron chi connectivity index (χ4n) is 1.96. The molecule has 0 spiro atoms. The Bertz CT molecular complexity index is 441. The van der Waals surface area contributed by atoms with Gasteiger partial charge in [-0.05, 0) is 29.6 Å². The van der Waals surface area contributed by atoms with Gasteiger partial charge < -0.3 is 5.32 Å². The summed E-state index contributed by atoms with van der Waals surface area (Å²) < 4.78 is 0. The van der Waals surface area contributed by atoms with Crippen LogP contribution in [-0.2, 0) is 13.0 Å². The van der Waals surface area contributed by atoms with Gasteiger partial charge in [-0.2, -0.15) is 0 Å². The molecule has 1 unspecified atom stereocenters. The first-order valence-corrected chi connectivity index (χ1v) is 6.92. The third-order valence-electron chi connectivity index (χ3n) is 2.89. The van der Waals surface area contributed by atoms with Crippen LogP contribution in [-0.4, -0.2) is 16.8 Å². The molecule has 0 amide bonds. The van der Waals surface area contributed by atoms with E-state index in [2.05, 4.69) is 70.2 Å². The average Bonchev–Trinajstić information content (AvgIpc) is 2.41. The minimum Gasteiger partial charge on any atom is -0.313 e. The van der Waals surface area contributed by atoms with Crippen molar-refractivity contribution in [3.63, 3.8) is 0 Å². The van der Waals surface area contributed by atoms with Gasteiger partial charge in [0, 0.05) is 16.8 Å². The second-order valence-electron chi connectivity index (χ2n) is 4.50. The summed E-state index contributed by atoms with van der Waals surface area (Å²) in [5, 5.41) is 3.47. The Morgan fingerprint density at radius 2 is 1.39 bits per heavy atom. The summed E-state index contributed by atoms with van der Waals surface area (Å²) in [7, 11) is 3.78. The van der Waals surface area contributed by atoms with Crippen LogP contribution >= 0.6 is 0 Å². The second kappa shape index (κ2) is 7.14. The molecule has 0 saturated carbocycles. The molecule has 18 heavy (non-hydrogen) atoms. The van der Waals surface area contributed by atoms with E-state index in [1.165, 1.54) is 11.1 Å². The van der Waals surface area contributed by atoms with Gasteiger partial charge in [-0.1, -0.05) is 60.7 Å². The monoisotopic (exact) mass is 252 g/mol. The molecular weight excluding hydrogens is 234 g/mol. The third kappa shape index (κ3) is 4.47. The van der Waals surface area contributed by atoms with Crippen LogP contribution in [0.2, 0.25) is 5.54 Å². The fourth-order valence-corrected chi connectivity index (χ4v) is 2.34. The highest BCUT2D eigenvalue weighted by molar-refractivity contribution is 6.11. The summed E-state index contributed by atoms with van der Waals surface area (Å²) >= 11 is 0.